The van der Waals surface area contributed by atoms with Gasteiger partial charge in [0.15, 0.2) is 0 Å². The molecule has 0 radical (unpaired) electrons. The summed E-state index contributed by atoms with van der Waals surface area (Å²) in [4.78, 5) is 1.49. The molecule has 2 heteroatoms. The van der Waals surface area contributed by atoms with Crippen molar-refractivity contribution in [3.05, 3.63) is 29.8 Å². The topological polar surface area (TPSA) is 0 Å². The third-order valence-electron chi connectivity index (χ3n) is 3.62. The van der Waals surface area contributed by atoms with Gasteiger partial charge in [-0.3, -0.25) is 0 Å². The second-order valence-corrected chi connectivity index (χ2v) is 6.50. The van der Waals surface area contributed by atoms with Gasteiger partial charge >= 0.3 is 0 Å². The lowest BCUT2D eigenvalue weighted by Crippen LogP contribution is -2.12. The number of rotatable bonds is 3. The third-order valence-corrected chi connectivity index (χ3v) is 5.50. The van der Waals surface area contributed by atoms with Crippen LogP contribution in [0.1, 0.15) is 24.8 Å². The molecule has 1 aromatic carbocycles. The first-order valence-electron chi connectivity index (χ1n) is 5.62. The molecular formula is C13H15ClS. The lowest BCUT2D eigenvalue weighted by molar-refractivity contribution is 0.513. The maximum atomic E-state index is 6.04. The summed E-state index contributed by atoms with van der Waals surface area (Å²) in [6.45, 7) is 0. The highest BCUT2D eigenvalue weighted by Gasteiger charge is 2.44. The van der Waals surface area contributed by atoms with Crippen LogP contribution >= 0.6 is 23.4 Å². The first-order chi connectivity index (χ1) is 7.31. The van der Waals surface area contributed by atoms with Crippen LogP contribution in [0.4, 0.5) is 0 Å². The zero-order valence-electron chi connectivity index (χ0n) is 8.71. The fourth-order valence-corrected chi connectivity index (χ4v) is 4.31. The van der Waals surface area contributed by atoms with Crippen LogP contribution in [-0.4, -0.2) is 11.1 Å². The molecule has 3 rings (SSSR count). The highest BCUT2D eigenvalue weighted by Crippen LogP contribution is 2.54. The van der Waals surface area contributed by atoms with Crippen molar-refractivity contribution in [2.45, 2.75) is 35.8 Å². The van der Waals surface area contributed by atoms with Gasteiger partial charge in [-0.1, -0.05) is 18.2 Å². The van der Waals surface area contributed by atoms with Crippen LogP contribution in [0.5, 0.6) is 0 Å². The number of thioether (sulfide) groups is 1. The first-order valence-corrected chi connectivity index (χ1v) is 7.03. The lowest BCUT2D eigenvalue weighted by atomic mass is 9.99. The molecule has 1 fully saturated rings. The summed E-state index contributed by atoms with van der Waals surface area (Å²) in [6.07, 6.45) is 5.27. The molecule has 0 N–H and O–H groups in total. The molecule has 0 bridgehead atoms. The summed E-state index contributed by atoms with van der Waals surface area (Å²) in [5.41, 5.74) is 2.05. The van der Waals surface area contributed by atoms with Gasteiger partial charge in [0.25, 0.3) is 0 Å². The van der Waals surface area contributed by atoms with Crippen LogP contribution in [0.3, 0.4) is 0 Å². The van der Waals surface area contributed by atoms with E-state index in [0.717, 1.165) is 11.1 Å². The number of halogens is 1. The fourth-order valence-electron chi connectivity index (χ4n) is 2.42. The van der Waals surface area contributed by atoms with Gasteiger partial charge in [0.1, 0.15) is 0 Å². The summed E-state index contributed by atoms with van der Waals surface area (Å²) in [6, 6.07) is 8.81. The molecule has 1 aliphatic carbocycles. The monoisotopic (exact) mass is 238 g/mol. The minimum absolute atomic E-state index is 0.515. The minimum atomic E-state index is 0.515. The second-order valence-electron chi connectivity index (χ2n) is 4.89. The molecule has 1 atom stereocenters. The van der Waals surface area contributed by atoms with E-state index in [0.29, 0.717) is 5.41 Å². The van der Waals surface area contributed by atoms with Crippen LogP contribution in [-0.2, 0) is 6.42 Å². The number of benzene rings is 1. The molecule has 0 nitrogen and oxygen atoms in total. The van der Waals surface area contributed by atoms with Gasteiger partial charge in [-0.05, 0) is 42.7 Å². The van der Waals surface area contributed by atoms with E-state index in [1.807, 2.05) is 0 Å². The van der Waals surface area contributed by atoms with Crippen molar-refractivity contribution in [3.8, 4) is 0 Å². The first kappa shape index (κ1) is 10.0. The number of hydrogen-bond donors (Lipinski definition) is 0. The summed E-state index contributed by atoms with van der Waals surface area (Å²) in [5.74, 6) is 0.862. The Balaban J connectivity index is 1.69. The average Bonchev–Trinajstić information content (AvgIpc) is 2.91. The standard InChI is InChI=1S/C13H15ClS/c14-9-13(5-6-13)8-11-7-10-3-1-2-4-12(10)15-11/h1-4,11H,5-9H2. The molecule has 1 aliphatic heterocycles. The van der Waals surface area contributed by atoms with Crippen LogP contribution < -0.4 is 0 Å². The molecule has 1 saturated carbocycles. The Kier molecular flexibility index (Phi) is 2.48. The van der Waals surface area contributed by atoms with Gasteiger partial charge in [-0.25, -0.2) is 0 Å². The van der Waals surface area contributed by atoms with Crippen LogP contribution in [0.25, 0.3) is 0 Å². The van der Waals surface area contributed by atoms with Gasteiger partial charge in [-0.2, -0.15) is 0 Å². The Morgan fingerprint density at radius 1 is 1.33 bits per heavy atom. The van der Waals surface area contributed by atoms with Crippen molar-refractivity contribution < 1.29 is 0 Å². The molecule has 1 heterocycles. The molecule has 0 spiro atoms. The predicted molar refractivity (Wildman–Crippen MR) is 66.8 cm³/mol. The van der Waals surface area contributed by atoms with E-state index >= 15 is 0 Å². The quantitative estimate of drug-likeness (QED) is 0.715. The van der Waals surface area contributed by atoms with Crippen molar-refractivity contribution in [1.29, 1.82) is 0 Å². The molecule has 0 aromatic heterocycles. The van der Waals surface area contributed by atoms with Crippen molar-refractivity contribution >= 4 is 23.4 Å². The number of alkyl halides is 1. The van der Waals surface area contributed by atoms with E-state index in [9.17, 15) is 0 Å². The van der Waals surface area contributed by atoms with Gasteiger partial charge < -0.3 is 0 Å². The van der Waals surface area contributed by atoms with Gasteiger partial charge in [0, 0.05) is 16.0 Å². The van der Waals surface area contributed by atoms with Gasteiger partial charge in [-0.15, -0.1) is 23.4 Å². The highest BCUT2D eigenvalue weighted by molar-refractivity contribution is 8.00. The predicted octanol–water partition coefficient (Wildman–Crippen LogP) is 4.11. The molecule has 1 unspecified atom stereocenters. The van der Waals surface area contributed by atoms with E-state index < -0.39 is 0 Å². The molecule has 1 aromatic rings. The Morgan fingerprint density at radius 2 is 2.13 bits per heavy atom. The van der Waals surface area contributed by atoms with Crippen molar-refractivity contribution in [2.24, 2.45) is 5.41 Å². The van der Waals surface area contributed by atoms with Crippen molar-refractivity contribution in [2.75, 3.05) is 5.88 Å². The Labute approximate surface area is 100 Å². The molecule has 0 saturated heterocycles. The molecule has 0 amide bonds. The fraction of sp³-hybridized carbons (Fsp3) is 0.538. The minimum Gasteiger partial charge on any atom is -0.126 e. The third kappa shape index (κ3) is 1.92. The smallest absolute Gasteiger partial charge is 0.0280 e. The van der Waals surface area contributed by atoms with Crippen LogP contribution in [0, 0.1) is 5.41 Å². The molecule has 2 aliphatic rings. The van der Waals surface area contributed by atoms with Crippen molar-refractivity contribution in [1.82, 2.24) is 0 Å². The molecule has 80 valence electrons. The molecule has 15 heavy (non-hydrogen) atoms. The maximum Gasteiger partial charge on any atom is 0.0280 e. The van der Waals surface area contributed by atoms with E-state index in [1.54, 1.807) is 0 Å². The highest BCUT2D eigenvalue weighted by atomic mass is 35.5. The summed E-state index contributed by atoms with van der Waals surface area (Å²) < 4.78 is 0. The Morgan fingerprint density at radius 3 is 2.80 bits per heavy atom. The van der Waals surface area contributed by atoms with Gasteiger partial charge in [0.2, 0.25) is 0 Å². The normalized spacial score (nSPS) is 26.3. The largest absolute Gasteiger partial charge is 0.126 e. The average molecular weight is 239 g/mol. The number of fused-ring (bicyclic) bond motifs is 1. The second kappa shape index (κ2) is 3.71. The Bertz CT molecular complexity index is 346. The summed E-state index contributed by atoms with van der Waals surface area (Å²) in [5, 5.41) is 0.781. The SMILES string of the molecule is ClCC1(CC2Cc3ccccc3S2)CC1. The Hall–Kier alpha value is -0.140. The van der Waals surface area contributed by atoms with E-state index in [2.05, 4.69) is 36.0 Å². The van der Waals surface area contributed by atoms with E-state index in [4.69, 9.17) is 11.6 Å². The van der Waals surface area contributed by atoms with Crippen molar-refractivity contribution in [3.63, 3.8) is 0 Å². The zero-order valence-corrected chi connectivity index (χ0v) is 10.3. The van der Waals surface area contributed by atoms with Crippen LogP contribution in [0.2, 0.25) is 0 Å². The summed E-state index contributed by atoms with van der Waals surface area (Å²) >= 11 is 8.10. The van der Waals surface area contributed by atoms with Gasteiger partial charge in [0.05, 0.1) is 0 Å². The maximum absolute atomic E-state index is 6.04. The summed E-state index contributed by atoms with van der Waals surface area (Å²) in [7, 11) is 0. The van der Waals surface area contributed by atoms with E-state index in [1.165, 1.54) is 36.1 Å². The van der Waals surface area contributed by atoms with E-state index in [-0.39, 0.29) is 0 Å². The lowest BCUT2D eigenvalue weighted by Gasteiger charge is -2.15. The number of hydrogen-bond acceptors (Lipinski definition) is 1. The van der Waals surface area contributed by atoms with Crippen LogP contribution in [0.15, 0.2) is 29.2 Å². The zero-order chi connectivity index (χ0) is 10.3. The molecular weight excluding hydrogens is 224 g/mol.